The lowest BCUT2D eigenvalue weighted by Gasteiger charge is -2.12. The van der Waals surface area contributed by atoms with E-state index in [9.17, 15) is 0 Å². The molecule has 100 valence electrons. The van der Waals surface area contributed by atoms with E-state index in [0.717, 1.165) is 17.9 Å². The van der Waals surface area contributed by atoms with Crippen LogP contribution in [0.25, 0.3) is 0 Å². The van der Waals surface area contributed by atoms with Crippen molar-refractivity contribution in [2.45, 2.75) is 32.8 Å². The van der Waals surface area contributed by atoms with Gasteiger partial charge in [0.2, 0.25) is 0 Å². The number of unbranched alkanes of at least 4 members (excludes halogenated alkanes) is 1. The molecule has 0 heterocycles. The topological polar surface area (TPSA) is 35.2 Å². The van der Waals surface area contributed by atoms with Gasteiger partial charge in [0.15, 0.2) is 0 Å². The molecular weight excluding hydrogens is 234 g/mol. The van der Waals surface area contributed by atoms with Crippen molar-refractivity contribution in [1.82, 2.24) is 0 Å². The van der Waals surface area contributed by atoms with Crippen LogP contribution in [0.5, 0.6) is 5.75 Å². The molecule has 0 aliphatic carbocycles. The zero-order valence-corrected chi connectivity index (χ0v) is 11.4. The molecular formula is C17H21NO. The number of anilines is 1. The van der Waals surface area contributed by atoms with Crippen LogP contribution in [-0.4, -0.2) is 0 Å². The Balaban J connectivity index is 2.07. The second-order valence-corrected chi connectivity index (χ2v) is 4.74. The third-order valence-electron chi connectivity index (χ3n) is 3.13. The molecule has 0 atom stereocenters. The molecule has 2 nitrogen and oxygen atoms in total. The zero-order chi connectivity index (χ0) is 13.5. The number of ether oxygens (including phenoxy) is 1. The van der Waals surface area contributed by atoms with Crippen molar-refractivity contribution in [1.29, 1.82) is 0 Å². The predicted molar refractivity (Wildman–Crippen MR) is 80.2 cm³/mol. The van der Waals surface area contributed by atoms with Crippen molar-refractivity contribution in [3.63, 3.8) is 0 Å². The van der Waals surface area contributed by atoms with Gasteiger partial charge in [-0.2, -0.15) is 0 Å². The number of benzene rings is 2. The van der Waals surface area contributed by atoms with E-state index >= 15 is 0 Å². The molecule has 2 aromatic carbocycles. The van der Waals surface area contributed by atoms with Crippen LogP contribution in [0.2, 0.25) is 0 Å². The molecule has 0 aromatic heterocycles. The summed E-state index contributed by atoms with van der Waals surface area (Å²) < 4.78 is 5.92. The minimum Gasteiger partial charge on any atom is -0.489 e. The first-order chi connectivity index (χ1) is 9.29. The zero-order valence-electron chi connectivity index (χ0n) is 11.4. The third-order valence-corrected chi connectivity index (χ3v) is 3.13. The van der Waals surface area contributed by atoms with E-state index in [1.165, 1.54) is 24.0 Å². The second-order valence-electron chi connectivity index (χ2n) is 4.74. The largest absolute Gasteiger partial charge is 0.489 e. The van der Waals surface area contributed by atoms with Gasteiger partial charge in [0.25, 0.3) is 0 Å². The molecule has 0 fully saturated rings. The van der Waals surface area contributed by atoms with Crippen LogP contribution in [0.1, 0.15) is 30.9 Å². The Kier molecular flexibility index (Phi) is 4.85. The minimum absolute atomic E-state index is 0.587. The van der Waals surface area contributed by atoms with Crippen LogP contribution in [0, 0.1) is 0 Å². The number of nitrogen functional groups attached to an aromatic ring is 1. The van der Waals surface area contributed by atoms with Crippen molar-refractivity contribution < 1.29 is 4.74 Å². The summed E-state index contributed by atoms with van der Waals surface area (Å²) in [7, 11) is 0. The average molecular weight is 255 g/mol. The number of nitrogens with two attached hydrogens (primary N) is 1. The Morgan fingerprint density at radius 1 is 1.05 bits per heavy atom. The molecule has 0 aliphatic rings. The van der Waals surface area contributed by atoms with E-state index < -0.39 is 0 Å². The summed E-state index contributed by atoms with van der Waals surface area (Å²) in [5, 5.41) is 0. The normalized spacial score (nSPS) is 10.4. The van der Waals surface area contributed by atoms with Gasteiger partial charge < -0.3 is 10.5 Å². The fourth-order valence-corrected chi connectivity index (χ4v) is 2.01. The highest BCUT2D eigenvalue weighted by atomic mass is 16.5. The number of hydrogen-bond donors (Lipinski definition) is 1. The molecule has 0 aliphatic heterocycles. The molecule has 0 bridgehead atoms. The maximum Gasteiger partial charge on any atom is 0.125 e. The summed E-state index contributed by atoms with van der Waals surface area (Å²) in [5.41, 5.74) is 9.01. The van der Waals surface area contributed by atoms with Gasteiger partial charge in [-0.15, -0.1) is 0 Å². The summed E-state index contributed by atoms with van der Waals surface area (Å²) in [6.45, 7) is 2.78. The maximum absolute atomic E-state index is 5.92. The standard InChI is InChI=1S/C17H21NO/c1-2-3-9-15-10-11-16(18)12-17(15)19-13-14-7-5-4-6-8-14/h4-8,10-12H,2-3,9,13,18H2,1H3. The third kappa shape index (κ3) is 4.02. The first-order valence-electron chi connectivity index (χ1n) is 6.84. The van der Waals surface area contributed by atoms with Crippen molar-refractivity contribution in [3.05, 3.63) is 59.7 Å². The quantitative estimate of drug-likeness (QED) is 0.785. The highest BCUT2D eigenvalue weighted by molar-refractivity contribution is 5.48. The van der Waals surface area contributed by atoms with Gasteiger partial charge >= 0.3 is 0 Å². The van der Waals surface area contributed by atoms with Crippen molar-refractivity contribution in [2.75, 3.05) is 5.73 Å². The van der Waals surface area contributed by atoms with Crippen molar-refractivity contribution in [3.8, 4) is 5.75 Å². The van der Waals surface area contributed by atoms with Crippen LogP contribution >= 0.6 is 0 Å². The van der Waals surface area contributed by atoms with Crippen LogP contribution in [0.3, 0.4) is 0 Å². The summed E-state index contributed by atoms with van der Waals surface area (Å²) >= 11 is 0. The van der Waals surface area contributed by atoms with E-state index in [0.29, 0.717) is 6.61 Å². The molecule has 2 N–H and O–H groups in total. The van der Waals surface area contributed by atoms with E-state index in [1.54, 1.807) is 0 Å². The number of aryl methyl sites for hydroxylation is 1. The molecule has 0 unspecified atom stereocenters. The Labute approximate surface area is 115 Å². The predicted octanol–water partition coefficient (Wildman–Crippen LogP) is 4.19. The molecule has 0 spiro atoms. The Bertz CT molecular complexity index is 508. The molecule has 0 radical (unpaired) electrons. The monoisotopic (exact) mass is 255 g/mol. The maximum atomic E-state index is 5.92. The van der Waals surface area contributed by atoms with Crippen LogP contribution in [-0.2, 0) is 13.0 Å². The Morgan fingerprint density at radius 3 is 2.58 bits per heavy atom. The fourth-order valence-electron chi connectivity index (χ4n) is 2.01. The Morgan fingerprint density at radius 2 is 1.84 bits per heavy atom. The van der Waals surface area contributed by atoms with Gasteiger partial charge in [-0.25, -0.2) is 0 Å². The van der Waals surface area contributed by atoms with E-state index in [1.807, 2.05) is 30.3 Å². The molecule has 19 heavy (non-hydrogen) atoms. The van der Waals surface area contributed by atoms with Crippen molar-refractivity contribution in [2.24, 2.45) is 0 Å². The van der Waals surface area contributed by atoms with Crippen LogP contribution < -0.4 is 10.5 Å². The molecule has 2 aromatic rings. The lowest BCUT2D eigenvalue weighted by molar-refractivity contribution is 0.303. The van der Waals surface area contributed by atoms with Gasteiger partial charge in [0.1, 0.15) is 12.4 Å². The summed E-state index contributed by atoms with van der Waals surface area (Å²) in [4.78, 5) is 0. The van der Waals surface area contributed by atoms with Crippen LogP contribution in [0.15, 0.2) is 48.5 Å². The van der Waals surface area contributed by atoms with Gasteiger partial charge in [-0.1, -0.05) is 49.7 Å². The lowest BCUT2D eigenvalue weighted by atomic mass is 10.1. The highest BCUT2D eigenvalue weighted by Gasteiger charge is 2.04. The summed E-state index contributed by atoms with van der Waals surface area (Å²) in [5.74, 6) is 0.914. The van der Waals surface area contributed by atoms with Gasteiger partial charge in [0.05, 0.1) is 0 Å². The summed E-state index contributed by atoms with van der Waals surface area (Å²) in [6.07, 6.45) is 3.40. The van der Waals surface area contributed by atoms with E-state index in [2.05, 4.69) is 25.1 Å². The molecule has 0 saturated carbocycles. The second kappa shape index (κ2) is 6.83. The number of hydrogen-bond acceptors (Lipinski definition) is 2. The van der Waals surface area contributed by atoms with E-state index in [-0.39, 0.29) is 0 Å². The van der Waals surface area contributed by atoms with E-state index in [4.69, 9.17) is 10.5 Å². The van der Waals surface area contributed by atoms with Gasteiger partial charge in [-0.05, 0) is 30.0 Å². The van der Waals surface area contributed by atoms with Gasteiger partial charge in [0, 0.05) is 11.8 Å². The summed E-state index contributed by atoms with van der Waals surface area (Å²) in [6, 6.07) is 16.1. The number of rotatable bonds is 6. The average Bonchev–Trinajstić information content (AvgIpc) is 2.45. The fraction of sp³-hybridized carbons (Fsp3) is 0.294. The van der Waals surface area contributed by atoms with Gasteiger partial charge in [-0.3, -0.25) is 0 Å². The SMILES string of the molecule is CCCCc1ccc(N)cc1OCc1ccccc1. The Hall–Kier alpha value is -1.96. The first-order valence-corrected chi connectivity index (χ1v) is 6.84. The minimum atomic E-state index is 0.587. The molecule has 2 heteroatoms. The van der Waals surface area contributed by atoms with Crippen molar-refractivity contribution >= 4 is 5.69 Å². The lowest BCUT2D eigenvalue weighted by Crippen LogP contribution is -2.00. The molecule has 2 rings (SSSR count). The molecule has 0 saturated heterocycles. The highest BCUT2D eigenvalue weighted by Crippen LogP contribution is 2.24. The first kappa shape index (κ1) is 13.5. The smallest absolute Gasteiger partial charge is 0.125 e. The van der Waals surface area contributed by atoms with Crippen LogP contribution in [0.4, 0.5) is 5.69 Å². The molecule has 0 amide bonds.